The van der Waals surface area contributed by atoms with E-state index in [4.69, 9.17) is 0 Å². The van der Waals surface area contributed by atoms with Gasteiger partial charge in [0.15, 0.2) is 5.82 Å². The van der Waals surface area contributed by atoms with Crippen LogP contribution in [0.15, 0.2) is 29.4 Å². The van der Waals surface area contributed by atoms with Crippen molar-refractivity contribution in [3.05, 3.63) is 29.8 Å². The van der Waals surface area contributed by atoms with Crippen LogP contribution in [0.3, 0.4) is 0 Å². The number of thioether (sulfide) groups is 1. The van der Waals surface area contributed by atoms with Gasteiger partial charge in [0.2, 0.25) is 11.1 Å². The van der Waals surface area contributed by atoms with E-state index in [0.29, 0.717) is 10.9 Å². The van der Waals surface area contributed by atoms with Crippen molar-refractivity contribution in [3.8, 4) is 11.4 Å². The zero-order chi connectivity index (χ0) is 18.1. The zero-order valence-corrected chi connectivity index (χ0v) is 16.2. The van der Waals surface area contributed by atoms with Gasteiger partial charge in [-0.25, -0.2) is 4.98 Å². The quantitative estimate of drug-likeness (QED) is 0.642. The molecule has 0 unspecified atom stereocenters. The van der Waals surface area contributed by atoms with Gasteiger partial charge in [0, 0.05) is 18.7 Å². The van der Waals surface area contributed by atoms with Gasteiger partial charge in [0.25, 0.3) is 0 Å². The maximum Gasteiger partial charge on any atom is 0.233 e. The Balaban J connectivity index is 1.91. The van der Waals surface area contributed by atoms with Crippen LogP contribution in [0.1, 0.15) is 45.1 Å². The maximum atomic E-state index is 12.5. The Morgan fingerprint density at radius 3 is 2.36 bits per heavy atom. The van der Waals surface area contributed by atoms with Crippen LogP contribution in [0.25, 0.3) is 11.4 Å². The minimum absolute atomic E-state index is 0.175. The Bertz CT molecular complexity index is 646. The Morgan fingerprint density at radius 2 is 1.76 bits per heavy atom. The van der Waals surface area contributed by atoms with E-state index in [9.17, 15) is 4.79 Å². The van der Waals surface area contributed by atoms with Gasteiger partial charge in [-0.3, -0.25) is 9.89 Å². The number of nitrogens with zero attached hydrogens (tertiary/aromatic N) is 3. The maximum absolute atomic E-state index is 12.5. The summed E-state index contributed by atoms with van der Waals surface area (Å²) in [5, 5.41) is 7.80. The third-order valence-electron chi connectivity index (χ3n) is 4.03. The highest BCUT2D eigenvalue weighted by atomic mass is 32.2. The number of carbonyl (C=O) groups excluding carboxylic acids is 1. The molecular weight excluding hydrogens is 332 g/mol. The Kier molecular flexibility index (Phi) is 7.98. The minimum Gasteiger partial charge on any atom is -0.342 e. The van der Waals surface area contributed by atoms with E-state index in [1.54, 1.807) is 0 Å². The lowest BCUT2D eigenvalue weighted by Crippen LogP contribution is -2.34. The molecule has 25 heavy (non-hydrogen) atoms. The molecule has 0 spiro atoms. The van der Waals surface area contributed by atoms with Gasteiger partial charge in [-0.05, 0) is 19.8 Å². The van der Waals surface area contributed by atoms with Crippen molar-refractivity contribution in [1.82, 2.24) is 20.1 Å². The van der Waals surface area contributed by atoms with Crippen LogP contribution in [0.2, 0.25) is 0 Å². The van der Waals surface area contributed by atoms with E-state index in [2.05, 4.69) is 36.0 Å². The molecule has 1 aromatic heterocycles. The van der Waals surface area contributed by atoms with E-state index in [-0.39, 0.29) is 5.91 Å². The largest absolute Gasteiger partial charge is 0.342 e. The van der Waals surface area contributed by atoms with Crippen LogP contribution >= 0.6 is 11.8 Å². The topological polar surface area (TPSA) is 61.9 Å². The van der Waals surface area contributed by atoms with Crippen LogP contribution in [0, 0.1) is 6.92 Å². The molecular formula is C19H28N4OS. The molecule has 2 aromatic rings. The third-order valence-corrected chi connectivity index (χ3v) is 4.86. The van der Waals surface area contributed by atoms with Crippen molar-refractivity contribution in [3.63, 3.8) is 0 Å². The van der Waals surface area contributed by atoms with Crippen molar-refractivity contribution in [2.75, 3.05) is 18.8 Å². The summed E-state index contributed by atoms with van der Waals surface area (Å²) in [7, 11) is 0. The van der Waals surface area contributed by atoms with Gasteiger partial charge in [-0.1, -0.05) is 68.3 Å². The summed E-state index contributed by atoms with van der Waals surface area (Å²) in [5.74, 6) is 1.30. The van der Waals surface area contributed by atoms with Crippen LogP contribution in [-0.2, 0) is 4.79 Å². The molecule has 6 heteroatoms. The van der Waals surface area contributed by atoms with E-state index in [1.165, 1.54) is 17.3 Å². The predicted molar refractivity (Wildman–Crippen MR) is 104 cm³/mol. The van der Waals surface area contributed by atoms with E-state index in [1.807, 2.05) is 29.2 Å². The van der Waals surface area contributed by atoms with Crippen molar-refractivity contribution >= 4 is 17.7 Å². The molecule has 0 saturated heterocycles. The summed E-state index contributed by atoms with van der Waals surface area (Å²) in [6, 6.07) is 8.14. The molecule has 1 heterocycles. The smallest absolute Gasteiger partial charge is 0.233 e. The standard InChI is InChI=1S/C19H28N4OS/c1-4-6-12-23(13-7-5-2)17(24)14-25-19-20-18(21-22-19)16-10-8-15(3)9-11-16/h8-11H,4-7,12-14H2,1-3H3,(H,20,21,22). The highest BCUT2D eigenvalue weighted by Gasteiger charge is 2.14. The molecule has 5 nitrogen and oxygen atoms in total. The molecule has 1 amide bonds. The summed E-state index contributed by atoms with van der Waals surface area (Å²) >= 11 is 1.40. The lowest BCUT2D eigenvalue weighted by Gasteiger charge is -2.22. The molecule has 1 N–H and O–H groups in total. The lowest BCUT2D eigenvalue weighted by atomic mass is 10.1. The number of amides is 1. The SMILES string of the molecule is CCCCN(CCCC)C(=O)CSc1n[nH]c(-c2ccc(C)cc2)n1. The average Bonchev–Trinajstić information content (AvgIpc) is 3.09. The molecule has 0 saturated carbocycles. The van der Waals surface area contributed by atoms with Crippen molar-refractivity contribution in [2.45, 2.75) is 51.6 Å². The molecule has 0 atom stereocenters. The molecule has 0 bridgehead atoms. The molecule has 0 aliphatic rings. The first-order chi connectivity index (χ1) is 12.1. The predicted octanol–water partition coefficient (Wildman–Crippen LogP) is 4.30. The van der Waals surface area contributed by atoms with Gasteiger partial charge in [0.1, 0.15) is 0 Å². The van der Waals surface area contributed by atoms with E-state index in [0.717, 1.165) is 50.2 Å². The number of carbonyl (C=O) groups is 1. The van der Waals surface area contributed by atoms with Gasteiger partial charge in [-0.2, -0.15) is 0 Å². The fourth-order valence-electron chi connectivity index (χ4n) is 2.43. The van der Waals surface area contributed by atoms with Gasteiger partial charge in [-0.15, -0.1) is 5.10 Å². The Hall–Kier alpha value is -1.82. The van der Waals surface area contributed by atoms with Crippen molar-refractivity contribution < 1.29 is 4.79 Å². The van der Waals surface area contributed by atoms with Crippen molar-refractivity contribution in [1.29, 1.82) is 0 Å². The van der Waals surface area contributed by atoms with Crippen molar-refractivity contribution in [2.24, 2.45) is 0 Å². The second-order valence-corrected chi connectivity index (χ2v) is 7.15. The van der Waals surface area contributed by atoms with Gasteiger partial charge >= 0.3 is 0 Å². The number of H-pyrrole nitrogens is 1. The lowest BCUT2D eigenvalue weighted by molar-refractivity contribution is -0.128. The van der Waals surface area contributed by atoms with Crippen LogP contribution in [-0.4, -0.2) is 44.8 Å². The summed E-state index contributed by atoms with van der Waals surface area (Å²) in [5.41, 5.74) is 2.21. The normalized spacial score (nSPS) is 10.8. The van der Waals surface area contributed by atoms with Crippen LogP contribution in [0.5, 0.6) is 0 Å². The summed E-state index contributed by atoms with van der Waals surface area (Å²) in [4.78, 5) is 19.0. The number of hydrogen-bond donors (Lipinski definition) is 1. The first-order valence-corrected chi connectivity index (χ1v) is 10.0. The molecule has 1 aromatic carbocycles. The number of rotatable bonds is 10. The molecule has 136 valence electrons. The minimum atomic E-state index is 0.175. The summed E-state index contributed by atoms with van der Waals surface area (Å²) in [6.45, 7) is 8.05. The second kappa shape index (κ2) is 10.2. The molecule has 0 aliphatic carbocycles. The summed E-state index contributed by atoms with van der Waals surface area (Å²) in [6.07, 6.45) is 4.31. The monoisotopic (exact) mass is 360 g/mol. The molecule has 0 aliphatic heterocycles. The molecule has 2 rings (SSSR count). The molecule has 0 radical (unpaired) electrons. The Morgan fingerprint density at radius 1 is 1.12 bits per heavy atom. The third kappa shape index (κ3) is 6.20. The number of unbranched alkanes of at least 4 members (excludes halogenated alkanes) is 2. The second-order valence-electron chi connectivity index (χ2n) is 6.21. The number of nitrogens with one attached hydrogen (secondary N) is 1. The Labute approximate surface area is 154 Å². The number of hydrogen-bond acceptors (Lipinski definition) is 4. The average molecular weight is 361 g/mol. The first-order valence-electron chi connectivity index (χ1n) is 9.04. The number of aryl methyl sites for hydroxylation is 1. The molecule has 0 fully saturated rings. The van der Waals surface area contributed by atoms with E-state index < -0.39 is 0 Å². The van der Waals surface area contributed by atoms with E-state index >= 15 is 0 Å². The fourth-order valence-corrected chi connectivity index (χ4v) is 3.13. The summed E-state index contributed by atoms with van der Waals surface area (Å²) < 4.78 is 0. The number of benzene rings is 1. The van der Waals surface area contributed by atoms with Crippen LogP contribution in [0.4, 0.5) is 0 Å². The van der Waals surface area contributed by atoms with Gasteiger partial charge < -0.3 is 4.90 Å². The number of aromatic amines is 1. The zero-order valence-electron chi connectivity index (χ0n) is 15.4. The fraction of sp³-hybridized carbons (Fsp3) is 0.526. The van der Waals surface area contributed by atoms with Gasteiger partial charge in [0.05, 0.1) is 5.75 Å². The highest BCUT2D eigenvalue weighted by Crippen LogP contribution is 2.20. The number of aromatic nitrogens is 3. The highest BCUT2D eigenvalue weighted by molar-refractivity contribution is 7.99. The first kappa shape index (κ1) is 19.5. The van der Waals surface area contributed by atoms with Crippen LogP contribution < -0.4 is 0 Å².